The highest BCUT2D eigenvalue weighted by atomic mass is 32.2. The van der Waals surface area contributed by atoms with Crippen molar-refractivity contribution in [2.45, 2.75) is 31.4 Å². The van der Waals surface area contributed by atoms with E-state index in [0.717, 1.165) is 24.2 Å². The molecular formula is C19H17F3N4O3S. The molecule has 11 heteroatoms. The monoisotopic (exact) mass is 438 g/mol. The summed E-state index contributed by atoms with van der Waals surface area (Å²) in [5.41, 5.74) is 2.00. The van der Waals surface area contributed by atoms with Crippen molar-refractivity contribution in [3.63, 3.8) is 0 Å². The lowest BCUT2D eigenvalue weighted by Crippen LogP contribution is -2.34. The fraction of sp³-hybridized carbons (Fsp3) is 0.316. The molecule has 0 aliphatic heterocycles. The van der Waals surface area contributed by atoms with Gasteiger partial charge in [0.15, 0.2) is 5.65 Å². The Kier molecular flexibility index (Phi) is 5.00. The lowest BCUT2D eigenvalue weighted by molar-refractivity contribution is -0.130. The molecule has 1 fully saturated rings. The first kappa shape index (κ1) is 20.3. The smallest absolute Gasteiger partial charge is 0.268 e. The summed E-state index contributed by atoms with van der Waals surface area (Å²) in [6.07, 6.45) is -3.09. The van der Waals surface area contributed by atoms with Crippen molar-refractivity contribution < 1.29 is 26.4 Å². The SMILES string of the molecule is O=C(NS(=O)(=O)CCC(F)(F)F)c1cnc2c(c1)c(C1CC1)nn2-c1ccccc1. The van der Waals surface area contributed by atoms with Crippen LogP contribution in [0.2, 0.25) is 0 Å². The molecule has 0 unspecified atom stereocenters. The summed E-state index contributed by atoms with van der Waals surface area (Å²) in [4.78, 5) is 16.7. The lowest BCUT2D eigenvalue weighted by atomic mass is 10.1. The molecule has 1 aliphatic carbocycles. The Balaban J connectivity index is 1.65. The number of hydrogen-bond donors (Lipinski definition) is 1. The van der Waals surface area contributed by atoms with Gasteiger partial charge in [0.2, 0.25) is 10.0 Å². The third-order valence-electron chi connectivity index (χ3n) is 4.68. The highest BCUT2D eigenvalue weighted by Crippen LogP contribution is 2.42. The molecule has 1 saturated carbocycles. The van der Waals surface area contributed by atoms with Crippen molar-refractivity contribution in [1.29, 1.82) is 0 Å². The molecule has 0 radical (unpaired) electrons. The second kappa shape index (κ2) is 7.38. The van der Waals surface area contributed by atoms with E-state index >= 15 is 0 Å². The van der Waals surface area contributed by atoms with E-state index in [0.29, 0.717) is 11.0 Å². The molecule has 1 amide bonds. The van der Waals surface area contributed by atoms with Gasteiger partial charge in [-0.15, -0.1) is 0 Å². The van der Waals surface area contributed by atoms with Crippen LogP contribution in [-0.2, 0) is 10.0 Å². The number of alkyl halides is 3. The molecule has 0 atom stereocenters. The fourth-order valence-corrected chi connectivity index (χ4v) is 4.06. The first-order valence-electron chi connectivity index (χ1n) is 9.19. The van der Waals surface area contributed by atoms with Gasteiger partial charge in [-0.1, -0.05) is 18.2 Å². The quantitative estimate of drug-likeness (QED) is 0.637. The highest BCUT2D eigenvalue weighted by Gasteiger charge is 2.32. The van der Waals surface area contributed by atoms with Gasteiger partial charge >= 0.3 is 6.18 Å². The number of pyridine rings is 1. The molecule has 30 heavy (non-hydrogen) atoms. The number of carbonyl (C=O) groups excluding carboxylic acids is 1. The van der Waals surface area contributed by atoms with Gasteiger partial charge in [-0.3, -0.25) is 4.79 Å². The van der Waals surface area contributed by atoms with Crippen molar-refractivity contribution in [3.8, 4) is 5.69 Å². The van der Waals surface area contributed by atoms with Crippen LogP contribution in [0.25, 0.3) is 16.7 Å². The number of carbonyl (C=O) groups is 1. The fourth-order valence-electron chi connectivity index (χ4n) is 3.06. The molecule has 1 aliphatic rings. The van der Waals surface area contributed by atoms with Crippen LogP contribution in [0, 0.1) is 0 Å². The van der Waals surface area contributed by atoms with Gasteiger partial charge in [-0.05, 0) is 31.0 Å². The number of aromatic nitrogens is 3. The van der Waals surface area contributed by atoms with Crippen molar-refractivity contribution in [2.75, 3.05) is 5.75 Å². The summed E-state index contributed by atoms with van der Waals surface area (Å²) in [6.45, 7) is 0. The molecule has 0 saturated heterocycles. The zero-order valence-corrected chi connectivity index (χ0v) is 16.4. The molecule has 2 heterocycles. The standard InChI is InChI=1S/C19H17F3N4O3S/c20-19(21,22)8-9-30(28,29)25-18(27)13-10-15-16(12-6-7-12)24-26(17(15)23-11-13)14-4-2-1-3-5-14/h1-5,10-12H,6-9H2,(H,25,27). The molecule has 4 rings (SSSR count). The van der Waals surface area contributed by atoms with E-state index in [1.807, 2.05) is 30.3 Å². The van der Waals surface area contributed by atoms with E-state index in [1.54, 1.807) is 9.40 Å². The number of rotatable bonds is 6. The van der Waals surface area contributed by atoms with E-state index in [-0.39, 0.29) is 11.5 Å². The summed E-state index contributed by atoms with van der Waals surface area (Å²) in [7, 11) is -4.44. The van der Waals surface area contributed by atoms with Crippen LogP contribution in [-0.4, -0.2) is 41.0 Å². The lowest BCUT2D eigenvalue weighted by Gasteiger charge is -2.09. The van der Waals surface area contributed by atoms with Gasteiger partial charge in [-0.2, -0.15) is 18.3 Å². The number of halogens is 3. The van der Waals surface area contributed by atoms with Gasteiger partial charge in [-0.25, -0.2) is 22.8 Å². The summed E-state index contributed by atoms with van der Waals surface area (Å²) < 4.78 is 63.9. The average Bonchev–Trinajstić information content (AvgIpc) is 3.46. The third-order valence-corrected chi connectivity index (χ3v) is 5.92. The van der Waals surface area contributed by atoms with Gasteiger partial charge in [0.1, 0.15) is 0 Å². The summed E-state index contributed by atoms with van der Waals surface area (Å²) >= 11 is 0. The van der Waals surface area contributed by atoms with E-state index in [2.05, 4.69) is 10.1 Å². The van der Waals surface area contributed by atoms with E-state index in [4.69, 9.17) is 0 Å². The first-order chi connectivity index (χ1) is 14.1. The van der Waals surface area contributed by atoms with Crippen molar-refractivity contribution in [1.82, 2.24) is 19.5 Å². The zero-order chi connectivity index (χ0) is 21.5. The minimum atomic E-state index is -4.64. The molecule has 1 N–H and O–H groups in total. The summed E-state index contributed by atoms with van der Waals surface area (Å²) in [5.74, 6) is -2.02. The van der Waals surface area contributed by atoms with Crippen LogP contribution in [0.5, 0.6) is 0 Å². The normalized spacial score (nSPS) is 14.8. The van der Waals surface area contributed by atoms with Gasteiger partial charge in [0.25, 0.3) is 5.91 Å². The van der Waals surface area contributed by atoms with Crippen LogP contribution in [0.1, 0.15) is 41.2 Å². The number of nitrogens with zero attached hydrogens (tertiary/aromatic N) is 3. The number of benzene rings is 1. The first-order valence-corrected chi connectivity index (χ1v) is 10.8. The van der Waals surface area contributed by atoms with Crippen LogP contribution in [0.15, 0.2) is 42.6 Å². The second-order valence-electron chi connectivity index (χ2n) is 7.12. The molecule has 1 aromatic carbocycles. The van der Waals surface area contributed by atoms with Crippen LogP contribution < -0.4 is 4.72 Å². The molecule has 3 aromatic rings. The Bertz CT molecular complexity index is 1200. The van der Waals surface area contributed by atoms with E-state index in [1.165, 1.54) is 12.3 Å². The number of para-hydroxylation sites is 1. The highest BCUT2D eigenvalue weighted by molar-refractivity contribution is 7.90. The minimum Gasteiger partial charge on any atom is -0.268 e. The predicted octanol–water partition coefficient (Wildman–Crippen LogP) is 3.31. The number of amides is 1. The molecule has 0 bridgehead atoms. The third kappa shape index (κ3) is 4.45. The average molecular weight is 438 g/mol. The van der Waals surface area contributed by atoms with Gasteiger partial charge < -0.3 is 0 Å². The van der Waals surface area contributed by atoms with Crippen molar-refractivity contribution >= 4 is 27.0 Å². The largest absolute Gasteiger partial charge is 0.390 e. The predicted molar refractivity (Wildman–Crippen MR) is 103 cm³/mol. The Morgan fingerprint density at radius 2 is 1.90 bits per heavy atom. The Labute approximate surface area is 170 Å². The summed E-state index contributed by atoms with van der Waals surface area (Å²) in [6, 6.07) is 10.8. The Hall–Kier alpha value is -2.95. The van der Waals surface area contributed by atoms with Crippen molar-refractivity contribution in [3.05, 3.63) is 53.9 Å². The molecule has 2 aromatic heterocycles. The van der Waals surface area contributed by atoms with E-state index < -0.39 is 34.3 Å². The molecule has 7 nitrogen and oxygen atoms in total. The zero-order valence-electron chi connectivity index (χ0n) is 15.6. The molecule has 158 valence electrons. The molecular weight excluding hydrogens is 421 g/mol. The maximum atomic E-state index is 12.4. The van der Waals surface area contributed by atoms with Crippen LogP contribution in [0.4, 0.5) is 13.2 Å². The number of fused-ring (bicyclic) bond motifs is 1. The number of nitrogens with one attached hydrogen (secondary N) is 1. The van der Waals surface area contributed by atoms with E-state index in [9.17, 15) is 26.4 Å². The van der Waals surface area contributed by atoms with Crippen molar-refractivity contribution in [2.24, 2.45) is 0 Å². The Morgan fingerprint density at radius 1 is 1.20 bits per heavy atom. The van der Waals surface area contributed by atoms with Crippen LogP contribution in [0.3, 0.4) is 0 Å². The molecule has 0 spiro atoms. The van der Waals surface area contributed by atoms with Gasteiger partial charge in [0.05, 0.1) is 29.1 Å². The Morgan fingerprint density at radius 3 is 2.53 bits per heavy atom. The number of sulfonamides is 1. The maximum absolute atomic E-state index is 12.4. The second-order valence-corrected chi connectivity index (χ2v) is 8.96. The number of hydrogen-bond acceptors (Lipinski definition) is 5. The summed E-state index contributed by atoms with van der Waals surface area (Å²) in [5, 5.41) is 5.24. The van der Waals surface area contributed by atoms with Crippen LogP contribution >= 0.6 is 0 Å². The minimum absolute atomic E-state index is 0.0624. The topological polar surface area (TPSA) is 93.9 Å². The van der Waals surface area contributed by atoms with Gasteiger partial charge in [0, 0.05) is 17.5 Å². The maximum Gasteiger partial charge on any atom is 0.390 e.